The number of benzene rings is 1. The lowest BCUT2D eigenvalue weighted by atomic mass is 9.96. The standard InChI is InChI=1S/C13H18N4O2/c1-17-11-4-2-8(7-10(14)13(19)16-15)6-9(11)3-5-12(17)18/h2,4,6,10H,3,5,7,14-15H2,1H3,(H,16,19). The van der Waals surface area contributed by atoms with E-state index >= 15 is 0 Å². The number of rotatable bonds is 3. The van der Waals surface area contributed by atoms with Crippen molar-refractivity contribution < 1.29 is 9.59 Å². The van der Waals surface area contributed by atoms with Gasteiger partial charge >= 0.3 is 0 Å². The maximum Gasteiger partial charge on any atom is 0.251 e. The van der Waals surface area contributed by atoms with Crippen LogP contribution in [0.3, 0.4) is 0 Å². The molecule has 5 N–H and O–H groups in total. The quantitative estimate of drug-likeness (QED) is 0.386. The summed E-state index contributed by atoms with van der Waals surface area (Å²) in [7, 11) is 1.77. The van der Waals surface area contributed by atoms with Crippen molar-refractivity contribution >= 4 is 17.5 Å². The zero-order chi connectivity index (χ0) is 14.0. The molecule has 6 heteroatoms. The third-order valence-corrected chi connectivity index (χ3v) is 3.42. The molecule has 0 fully saturated rings. The molecular weight excluding hydrogens is 244 g/mol. The number of amides is 2. The number of anilines is 1. The molecule has 1 aliphatic heterocycles. The molecule has 0 bridgehead atoms. The van der Waals surface area contributed by atoms with Crippen molar-refractivity contribution in [2.75, 3.05) is 11.9 Å². The normalized spacial score (nSPS) is 15.9. The number of aryl methyl sites for hydroxylation is 1. The molecule has 6 nitrogen and oxygen atoms in total. The molecule has 1 aliphatic rings. The van der Waals surface area contributed by atoms with Crippen molar-refractivity contribution in [3.8, 4) is 0 Å². The zero-order valence-electron chi connectivity index (χ0n) is 10.8. The van der Waals surface area contributed by atoms with E-state index in [2.05, 4.69) is 0 Å². The largest absolute Gasteiger partial charge is 0.320 e. The average Bonchev–Trinajstić information content (AvgIpc) is 2.42. The molecule has 1 atom stereocenters. The van der Waals surface area contributed by atoms with Crippen LogP contribution in [0.5, 0.6) is 0 Å². The average molecular weight is 262 g/mol. The number of hydrazine groups is 1. The van der Waals surface area contributed by atoms with Crippen LogP contribution in [0.4, 0.5) is 5.69 Å². The van der Waals surface area contributed by atoms with Gasteiger partial charge in [0.2, 0.25) is 5.91 Å². The van der Waals surface area contributed by atoms with Crippen molar-refractivity contribution in [3.05, 3.63) is 29.3 Å². The van der Waals surface area contributed by atoms with Crippen LogP contribution in [0.25, 0.3) is 0 Å². The molecule has 1 aromatic carbocycles. The van der Waals surface area contributed by atoms with Crippen LogP contribution in [0.1, 0.15) is 17.5 Å². The smallest absolute Gasteiger partial charge is 0.251 e. The van der Waals surface area contributed by atoms with E-state index in [1.165, 1.54) is 0 Å². The lowest BCUT2D eigenvalue weighted by Crippen LogP contribution is -2.45. The van der Waals surface area contributed by atoms with E-state index in [0.29, 0.717) is 12.8 Å². The van der Waals surface area contributed by atoms with Crippen LogP contribution in [0.15, 0.2) is 18.2 Å². The van der Waals surface area contributed by atoms with Crippen LogP contribution in [-0.2, 0) is 22.4 Å². The first-order valence-corrected chi connectivity index (χ1v) is 6.17. The Bertz CT molecular complexity index is 515. The monoisotopic (exact) mass is 262 g/mol. The maximum atomic E-state index is 11.6. The fourth-order valence-corrected chi connectivity index (χ4v) is 2.29. The van der Waals surface area contributed by atoms with Gasteiger partial charge < -0.3 is 10.6 Å². The molecule has 0 saturated carbocycles. The highest BCUT2D eigenvalue weighted by molar-refractivity contribution is 5.95. The summed E-state index contributed by atoms with van der Waals surface area (Å²) in [4.78, 5) is 24.5. The van der Waals surface area contributed by atoms with Gasteiger partial charge in [-0.25, -0.2) is 5.84 Å². The number of nitrogens with two attached hydrogens (primary N) is 2. The molecule has 1 heterocycles. The third kappa shape index (κ3) is 2.74. The van der Waals surface area contributed by atoms with Crippen molar-refractivity contribution in [2.45, 2.75) is 25.3 Å². The van der Waals surface area contributed by atoms with Crippen LogP contribution < -0.4 is 21.9 Å². The summed E-state index contributed by atoms with van der Waals surface area (Å²) in [5.41, 5.74) is 10.8. The minimum atomic E-state index is -0.661. The molecular formula is C13H18N4O2. The van der Waals surface area contributed by atoms with Gasteiger partial charge in [0.25, 0.3) is 5.91 Å². The first-order valence-electron chi connectivity index (χ1n) is 6.17. The lowest BCUT2D eigenvalue weighted by molar-refractivity contribution is -0.122. The third-order valence-electron chi connectivity index (χ3n) is 3.42. The highest BCUT2D eigenvalue weighted by Gasteiger charge is 2.21. The number of nitrogens with zero attached hydrogens (tertiary/aromatic N) is 1. The highest BCUT2D eigenvalue weighted by Crippen LogP contribution is 2.27. The molecule has 2 rings (SSSR count). The van der Waals surface area contributed by atoms with Gasteiger partial charge in [0.1, 0.15) is 0 Å². The van der Waals surface area contributed by atoms with Gasteiger partial charge in [0, 0.05) is 19.2 Å². The molecule has 2 amide bonds. The first-order chi connectivity index (χ1) is 9.02. The highest BCUT2D eigenvalue weighted by atomic mass is 16.2. The molecule has 0 saturated heterocycles. The van der Waals surface area contributed by atoms with Crippen LogP contribution in [0.2, 0.25) is 0 Å². The Balaban J connectivity index is 2.18. The Hall–Kier alpha value is -1.92. The molecule has 0 spiro atoms. The van der Waals surface area contributed by atoms with Crippen LogP contribution in [0, 0.1) is 0 Å². The number of nitrogens with one attached hydrogen (secondary N) is 1. The van der Waals surface area contributed by atoms with Crippen molar-refractivity contribution in [3.63, 3.8) is 0 Å². The predicted molar refractivity (Wildman–Crippen MR) is 72.2 cm³/mol. The van der Waals surface area contributed by atoms with Gasteiger partial charge in [-0.05, 0) is 30.0 Å². The second-order valence-electron chi connectivity index (χ2n) is 4.74. The Labute approximate surface area is 111 Å². The van der Waals surface area contributed by atoms with Crippen molar-refractivity contribution in [2.24, 2.45) is 11.6 Å². The van der Waals surface area contributed by atoms with E-state index in [4.69, 9.17) is 11.6 Å². The van der Waals surface area contributed by atoms with Crippen LogP contribution >= 0.6 is 0 Å². The Morgan fingerprint density at radius 2 is 2.21 bits per heavy atom. The second-order valence-corrected chi connectivity index (χ2v) is 4.74. The second kappa shape index (κ2) is 5.38. The van der Waals surface area contributed by atoms with Gasteiger partial charge in [-0.1, -0.05) is 12.1 Å². The van der Waals surface area contributed by atoms with Gasteiger partial charge in [-0.15, -0.1) is 0 Å². The SMILES string of the molecule is CN1C(=O)CCc2cc(CC(N)C(=O)NN)ccc21. The summed E-state index contributed by atoms with van der Waals surface area (Å²) in [5, 5.41) is 0. The maximum absolute atomic E-state index is 11.6. The van der Waals surface area contributed by atoms with E-state index in [1.54, 1.807) is 11.9 Å². The fourth-order valence-electron chi connectivity index (χ4n) is 2.29. The molecule has 102 valence electrons. The summed E-state index contributed by atoms with van der Waals surface area (Å²) >= 11 is 0. The summed E-state index contributed by atoms with van der Waals surface area (Å²) in [6.45, 7) is 0. The van der Waals surface area contributed by atoms with Gasteiger partial charge in [-0.2, -0.15) is 0 Å². The number of hydrogen-bond acceptors (Lipinski definition) is 4. The lowest BCUT2D eigenvalue weighted by Gasteiger charge is -2.26. The molecule has 0 aromatic heterocycles. The zero-order valence-corrected chi connectivity index (χ0v) is 10.8. The van der Waals surface area contributed by atoms with Crippen LogP contribution in [-0.4, -0.2) is 24.9 Å². The minimum absolute atomic E-state index is 0.125. The fraction of sp³-hybridized carbons (Fsp3) is 0.385. The van der Waals surface area contributed by atoms with E-state index in [9.17, 15) is 9.59 Å². The minimum Gasteiger partial charge on any atom is -0.320 e. The van der Waals surface area contributed by atoms with E-state index in [1.807, 2.05) is 23.6 Å². The van der Waals surface area contributed by atoms with E-state index in [0.717, 1.165) is 23.2 Å². The molecule has 0 radical (unpaired) electrons. The van der Waals surface area contributed by atoms with Gasteiger partial charge in [-0.3, -0.25) is 15.0 Å². The van der Waals surface area contributed by atoms with Gasteiger partial charge in [0.15, 0.2) is 0 Å². The molecule has 1 aromatic rings. The predicted octanol–water partition coefficient (Wildman–Crippen LogP) is -0.545. The Morgan fingerprint density at radius 3 is 2.89 bits per heavy atom. The summed E-state index contributed by atoms with van der Waals surface area (Å²) < 4.78 is 0. The Kier molecular flexibility index (Phi) is 3.82. The van der Waals surface area contributed by atoms with E-state index in [-0.39, 0.29) is 11.8 Å². The summed E-state index contributed by atoms with van der Waals surface area (Å²) in [6, 6.07) is 5.12. The van der Waals surface area contributed by atoms with E-state index < -0.39 is 6.04 Å². The Morgan fingerprint density at radius 1 is 1.47 bits per heavy atom. The summed E-state index contributed by atoms with van der Waals surface area (Å²) in [5.74, 6) is 4.79. The molecule has 19 heavy (non-hydrogen) atoms. The number of carbonyl (C=O) groups excluding carboxylic acids is 2. The number of fused-ring (bicyclic) bond motifs is 1. The van der Waals surface area contributed by atoms with Gasteiger partial charge in [0.05, 0.1) is 6.04 Å². The van der Waals surface area contributed by atoms with Crippen molar-refractivity contribution in [1.82, 2.24) is 5.43 Å². The topological polar surface area (TPSA) is 101 Å². The first kappa shape index (κ1) is 13.5. The number of carbonyl (C=O) groups is 2. The molecule has 0 aliphatic carbocycles. The molecule has 1 unspecified atom stereocenters. The summed E-state index contributed by atoms with van der Waals surface area (Å²) in [6.07, 6.45) is 1.67. The number of hydrogen-bond donors (Lipinski definition) is 3. The van der Waals surface area contributed by atoms with Crippen molar-refractivity contribution in [1.29, 1.82) is 0 Å².